The fourth-order valence-electron chi connectivity index (χ4n) is 6.15. The molecule has 2 aliphatic heterocycles. The van der Waals surface area contributed by atoms with E-state index in [-0.39, 0.29) is 29.0 Å². The van der Waals surface area contributed by atoms with Gasteiger partial charge in [-0.1, -0.05) is 37.6 Å². The van der Waals surface area contributed by atoms with Crippen LogP contribution in [0.25, 0.3) is 0 Å². The smallest absolute Gasteiger partial charge is 0.338 e. The van der Waals surface area contributed by atoms with Crippen molar-refractivity contribution in [1.29, 1.82) is 0 Å². The van der Waals surface area contributed by atoms with Crippen LogP contribution in [0, 0.1) is 10.8 Å². The van der Waals surface area contributed by atoms with Crippen molar-refractivity contribution in [2.75, 3.05) is 14.2 Å². The normalized spacial score (nSPS) is 39.3. The maximum Gasteiger partial charge on any atom is 0.338 e. The first-order valence-electron chi connectivity index (χ1n) is 10.8. The van der Waals surface area contributed by atoms with Crippen molar-refractivity contribution in [1.82, 2.24) is 0 Å². The molecule has 2 aliphatic carbocycles. The minimum Gasteiger partial charge on any atom is -0.501 e. The molecule has 2 heterocycles. The molecule has 2 fully saturated rings. The number of fused-ring (bicyclic) bond motifs is 5. The predicted octanol–water partition coefficient (Wildman–Crippen LogP) is 4.78. The molecule has 2 saturated heterocycles. The lowest BCUT2D eigenvalue weighted by Gasteiger charge is -2.54. The lowest BCUT2D eigenvalue weighted by Crippen LogP contribution is -2.54. The van der Waals surface area contributed by atoms with Crippen LogP contribution in [0.2, 0.25) is 0 Å². The molecule has 1 aromatic rings. The van der Waals surface area contributed by atoms with Crippen molar-refractivity contribution in [2.45, 2.75) is 63.9 Å². The van der Waals surface area contributed by atoms with Crippen LogP contribution in [0.1, 0.15) is 56.3 Å². The van der Waals surface area contributed by atoms with Gasteiger partial charge in [-0.3, -0.25) is 0 Å². The summed E-state index contributed by atoms with van der Waals surface area (Å²) in [5.74, 6) is -0.0344. The maximum absolute atomic E-state index is 12.7. The SMILES string of the molecule is COC1=CC2=C3C[C@H]4O[C@](OC)(C[C@@H]4OC(=O)c4ccccc4)[C@]3(C)CC[C@@]2(C)C1. The second-order valence-electron chi connectivity index (χ2n) is 9.61. The Kier molecular flexibility index (Phi) is 4.42. The number of benzene rings is 1. The summed E-state index contributed by atoms with van der Waals surface area (Å²) in [4.78, 5) is 12.7. The number of esters is 1. The summed E-state index contributed by atoms with van der Waals surface area (Å²) >= 11 is 0. The molecule has 0 aromatic heterocycles. The van der Waals surface area contributed by atoms with Gasteiger partial charge in [0.05, 0.1) is 18.4 Å². The van der Waals surface area contributed by atoms with Gasteiger partial charge in [0.15, 0.2) is 5.79 Å². The van der Waals surface area contributed by atoms with E-state index in [2.05, 4.69) is 19.9 Å². The lowest BCUT2D eigenvalue weighted by atomic mass is 9.58. The van der Waals surface area contributed by atoms with Gasteiger partial charge in [0.1, 0.15) is 12.2 Å². The molecular formula is C25H30O5. The third-order valence-electron chi connectivity index (χ3n) is 8.02. The van der Waals surface area contributed by atoms with Crippen LogP contribution in [0.4, 0.5) is 0 Å². The molecule has 5 nitrogen and oxygen atoms in total. The van der Waals surface area contributed by atoms with Crippen LogP contribution in [0.3, 0.4) is 0 Å². The van der Waals surface area contributed by atoms with Crippen LogP contribution >= 0.6 is 0 Å². The van der Waals surface area contributed by atoms with Crippen LogP contribution in [-0.4, -0.2) is 38.2 Å². The molecule has 160 valence electrons. The van der Waals surface area contributed by atoms with Crippen LogP contribution in [-0.2, 0) is 18.9 Å². The summed E-state index contributed by atoms with van der Waals surface area (Å²) in [5, 5.41) is 0. The minimum atomic E-state index is -0.773. The molecule has 1 aromatic carbocycles. The monoisotopic (exact) mass is 410 g/mol. The van der Waals surface area contributed by atoms with Crippen LogP contribution in [0.5, 0.6) is 0 Å². The highest BCUT2D eigenvalue weighted by molar-refractivity contribution is 5.89. The van der Waals surface area contributed by atoms with Gasteiger partial charge >= 0.3 is 5.97 Å². The molecule has 2 bridgehead atoms. The minimum absolute atomic E-state index is 0.0993. The summed E-state index contributed by atoms with van der Waals surface area (Å²) < 4.78 is 24.2. The Bertz CT molecular complexity index is 934. The Labute approximate surface area is 178 Å². The molecule has 4 aliphatic rings. The van der Waals surface area contributed by atoms with E-state index < -0.39 is 5.79 Å². The topological polar surface area (TPSA) is 54.0 Å². The van der Waals surface area contributed by atoms with Crippen molar-refractivity contribution in [2.24, 2.45) is 10.8 Å². The third-order valence-corrected chi connectivity index (χ3v) is 8.02. The standard InChI is InChI=1S/C25H30O5/c1-23-10-11-24(2)19(18(23)12-17(14-23)27-3)13-20-21(15-25(24,28-4)30-20)29-22(26)16-8-6-5-7-9-16/h5-9,12,20-21H,10-11,13-15H2,1-4H3/t20-,21+,23+,24-,25-/m1/s1. The number of ether oxygens (including phenoxy) is 4. The van der Waals surface area contributed by atoms with Gasteiger partial charge in [-0.15, -0.1) is 0 Å². The largest absolute Gasteiger partial charge is 0.501 e. The van der Waals surface area contributed by atoms with E-state index in [0.717, 1.165) is 31.4 Å². The number of allylic oxidation sites excluding steroid dienone is 3. The van der Waals surface area contributed by atoms with Crippen molar-refractivity contribution >= 4 is 5.97 Å². The second kappa shape index (κ2) is 6.69. The molecule has 5 heteroatoms. The summed E-state index contributed by atoms with van der Waals surface area (Å²) in [6, 6.07) is 9.15. The molecule has 0 unspecified atom stereocenters. The number of carbonyl (C=O) groups is 1. The Morgan fingerprint density at radius 3 is 2.60 bits per heavy atom. The summed E-state index contributed by atoms with van der Waals surface area (Å²) in [5.41, 5.74) is 3.17. The zero-order chi connectivity index (χ0) is 21.1. The molecule has 5 atom stereocenters. The average molecular weight is 411 g/mol. The van der Waals surface area contributed by atoms with E-state index in [0.29, 0.717) is 12.0 Å². The highest BCUT2D eigenvalue weighted by Gasteiger charge is 2.66. The lowest BCUT2D eigenvalue weighted by molar-refractivity contribution is -0.283. The van der Waals surface area contributed by atoms with E-state index in [1.165, 1.54) is 11.1 Å². The molecule has 0 amide bonds. The predicted molar refractivity (Wildman–Crippen MR) is 112 cm³/mol. The van der Waals surface area contributed by atoms with Crippen molar-refractivity contribution in [3.8, 4) is 0 Å². The molecule has 30 heavy (non-hydrogen) atoms. The van der Waals surface area contributed by atoms with Gasteiger partial charge in [0.25, 0.3) is 0 Å². The highest BCUT2D eigenvalue weighted by atomic mass is 16.7. The Balaban J connectivity index is 1.51. The van der Waals surface area contributed by atoms with Crippen molar-refractivity contribution < 1.29 is 23.7 Å². The molecule has 0 saturated carbocycles. The van der Waals surface area contributed by atoms with Gasteiger partial charge in [-0.25, -0.2) is 4.79 Å². The first kappa shape index (κ1) is 19.8. The zero-order valence-electron chi connectivity index (χ0n) is 18.2. The quantitative estimate of drug-likeness (QED) is 0.669. The van der Waals surface area contributed by atoms with Gasteiger partial charge in [-0.2, -0.15) is 0 Å². The Morgan fingerprint density at radius 1 is 1.13 bits per heavy atom. The molecule has 0 N–H and O–H groups in total. The van der Waals surface area contributed by atoms with E-state index in [4.69, 9.17) is 18.9 Å². The van der Waals surface area contributed by atoms with Crippen LogP contribution in [0.15, 0.2) is 53.3 Å². The second-order valence-corrected chi connectivity index (χ2v) is 9.61. The highest BCUT2D eigenvalue weighted by Crippen LogP contribution is 2.65. The van der Waals surface area contributed by atoms with Gasteiger partial charge in [-0.05, 0) is 48.5 Å². The molecule has 0 radical (unpaired) electrons. The van der Waals surface area contributed by atoms with Crippen molar-refractivity contribution in [3.05, 3.63) is 58.9 Å². The summed E-state index contributed by atoms with van der Waals surface area (Å²) in [7, 11) is 3.47. The van der Waals surface area contributed by atoms with Gasteiger partial charge < -0.3 is 18.9 Å². The summed E-state index contributed by atoms with van der Waals surface area (Å²) in [6.45, 7) is 4.59. The van der Waals surface area contributed by atoms with Gasteiger partial charge in [0, 0.05) is 25.4 Å². The zero-order valence-corrected chi connectivity index (χ0v) is 18.2. The number of carbonyl (C=O) groups excluding carboxylic acids is 1. The Morgan fingerprint density at radius 2 is 1.90 bits per heavy atom. The fourth-order valence-corrected chi connectivity index (χ4v) is 6.15. The van der Waals surface area contributed by atoms with Gasteiger partial charge in [0.2, 0.25) is 0 Å². The van der Waals surface area contributed by atoms with E-state index in [1.54, 1.807) is 26.4 Å². The third kappa shape index (κ3) is 2.64. The number of hydrogen-bond acceptors (Lipinski definition) is 5. The summed E-state index contributed by atoms with van der Waals surface area (Å²) in [6.07, 6.45) is 5.99. The molecule has 5 rings (SSSR count). The number of rotatable bonds is 4. The van der Waals surface area contributed by atoms with Crippen molar-refractivity contribution in [3.63, 3.8) is 0 Å². The van der Waals surface area contributed by atoms with Crippen LogP contribution < -0.4 is 0 Å². The maximum atomic E-state index is 12.7. The number of hydrogen-bond donors (Lipinski definition) is 0. The number of methoxy groups -OCH3 is 2. The average Bonchev–Trinajstić information content (AvgIpc) is 3.27. The Hall–Kier alpha value is -2.11. The van der Waals surface area contributed by atoms with E-state index in [1.807, 2.05) is 18.2 Å². The first-order chi connectivity index (χ1) is 14.3. The van der Waals surface area contributed by atoms with E-state index >= 15 is 0 Å². The first-order valence-corrected chi connectivity index (χ1v) is 10.8. The molecular weight excluding hydrogens is 380 g/mol. The van der Waals surface area contributed by atoms with E-state index in [9.17, 15) is 4.79 Å². The fraction of sp³-hybridized carbons (Fsp3) is 0.560. The molecule has 0 spiro atoms.